The van der Waals surface area contributed by atoms with Crippen molar-refractivity contribution in [1.29, 1.82) is 0 Å². The van der Waals surface area contributed by atoms with E-state index in [2.05, 4.69) is 10.1 Å². The zero-order valence-electron chi connectivity index (χ0n) is 10.4. The summed E-state index contributed by atoms with van der Waals surface area (Å²) in [4.78, 5) is 34.5. The van der Waals surface area contributed by atoms with Gasteiger partial charge in [0.25, 0.3) is 5.78 Å². The van der Waals surface area contributed by atoms with Crippen molar-refractivity contribution in [2.45, 2.75) is 13.3 Å². The molecule has 0 spiro atoms. The number of ether oxygens (including phenoxy) is 2. The van der Waals surface area contributed by atoms with Gasteiger partial charge in [-0.3, -0.25) is 9.59 Å². The Hall–Kier alpha value is -2.37. The molecular weight excluding hydrogens is 250 g/mol. The Kier molecular flexibility index (Phi) is 3.79. The van der Waals surface area contributed by atoms with Crippen LogP contribution in [-0.4, -0.2) is 30.9 Å². The Balaban J connectivity index is 2.27. The molecule has 0 unspecified atom stereocenters. The lowest BCUT2D eigenvalue weighted by Gasteiger charge is -2.08. The van der Waals surface area contributed by atoms with Gasteiger partial charge >= 0.3 is 5.97 Å². The number of esters is 1. The number of rotatable bonds is 3. The predicted molar refractivity (Wildman–Crippen MR) is 66.1 cm³/mol. The molecule has 0 radical (unpaired) electrons. The van der Waals surface area contributed by atoms with Gasteiger partial charge in [0.2, 0.25) is 5.91 Å². The van der Waals surface area contributed by atoms with E-state index < -0.39 is 11.8 Å². The number of Topliss-reactive ketones (excluding diaryl/α,β-unsaturated/α-hetero) is 1. The minimum Gasteiger partial charge on any atom is -0.491 e. The highest BCUT2D eigenvalue weighted by atomic mass is 16.5. The largest absolute Gasteiger partial charge is 0.491 e. The van der Waals surface area contributed by atoms with E-state index in [-0.39, 0.29) is 31.1 Å². The lowest BCUT2D eigenvalue weighted by Crippen LogP contribution is -2.18. The standard InChI is InChI=1S/C13H13NO5/c1-2-18-13(17)12(16)8-3-4-10-9(7-8)14-11(15)5-6-19-10/h3-4,7H,2,5-6H2,1H3,(H,14,15). The van der Waals surface area contributed by atoms with Crippen LogP contribution in [0.25, 0.3) is 0 Å². The van der Waals surface area contributed by atoms with Gasteiger partial charge in [-0.25, -0.2) is 4.79 Å². The number of anilines is 1. The van der Waals surface area contributed by atoms with Crippen molar-refractivity contribution in [2.75, 3.05) is 18.5 Å². The van der Waals surface area contributed by atoms with E-state index in [1.165, 1.54) is 12.1 Å². The molecule has 1 aromatic rings. The predicted octanol–water partition coefficient (Wildman–Crippen LogP) is 1.15. The first-order valence-corrected chi connectivity index (χ1v) is 5.90. The van der Waals surface area contributed by atoms with Crippen LogP contribution in [0.5, 0.6) is 5.75 Å². The number of hydrogen-bond acceptors (Lipinski definition) is 5. The average Bonchev–Trinajstić information content (AvgIpc) is 2.57. The minimum absolute atomic E-state index is 0.134. The van der Waals surface area contributed by atoms with Gasteiger partial charge in [-0.1, -0.05) is 0 Å². The van der Waals surface area contributed by atoms with Crippen LogP contribution in [0.1, 0.15) is 23.7 Å². The fourth-order valence-electron chi connectivity index (χ4n) is 1.68. The molecule has 0 aliphatic carbocycles. The molecule has 0 aromatic heterocycles. The number of hydrogen-bond donors (Lipinski definition) is 1. The van der Waals surface area contributed by atoms with Gasteiger partial charge in [0, 0.05) is 5.56 Å². The van der Waals surface area contributed by atoms with Crippen molar-refractivity contribution in [1.82, 2.24) is 0 Å². The summed E-state index contributed by atoms with van der Waals surface area (Å²) in [5.41, 5.74) is 0.542. The van der Waals surface area contributed by atoms with Crippen LogP contribution in [0.4, 0.5) is 5.69 Å². The van der Waals surface area contributed by atoms with Gasteiger partial charge in [0.15, 0.2) is 0 Å². The number of amides is 1. The number of carbonyl (C=O) groups is 3. The topological polar surface area (TPSA) is 81.7 Å². The summed E-state index contributed by atoms with van der Waals surface area (Å²) in [6.07, 6.45) is 0.246. The van der Waals surface area contributed by atoms with Crippen LogP contribution in [-0.2, 0) is 14.3 Å². The molecule has 1 amide bonds. The van der Waals surface area contributed by atoms with E-state index >= 15 is 0 Å². The van der Waals surface area contributed by atoms with Crippen molar-refractivity contribution < 1.29 is 23.9 Å². The fraction of sp³-hybridized carbons (Fsp3) is 0.308. The molecule has 19 heavy (non-hydrogen) atoms. The molecule has 0 atom stereocenters. The second-order valence-electron chi connectivity index (χ2n) is 3.91. The second-order valence-corrected chi connectivity index (χ2v) is 3.91. The minimum atomic E-state index is -0.914. The molecule has 1 N–H and O–H groups in total. The maximum atomic E-state index is 11.8. The normalized spacial score (nSPS) is 13.6. The van der Waals surface area contributed by atoms with Crippen LogP contribution in [0, 0.1) is 0 Å². The monoisotopic (exact) mass is 263 g/mol. The SMILES string of the molecule is CCOC(=O)C(=O)c1ccc2c(c1)NC(=O)CCO2. The van der Waals surface area contributed by atoms with E-state index in [4.69, 9.17) is 4.74 Å². The smallest absolute Gasteiger partial charge is 0.379 e. The van der Waals surface area contributed by atoms with Crippen LogP contribution in [0.2, 0.25) is 0 Å². The molecule has 6 nitrogen and oxygen atoms in total. The first-order valence-electron chi connectivity index (χ1n) is 5.90. The van der Waals surface area contributed by atoms with Crippen molar-refractivity contribution in [2.24, 2.45) is 0 Å². The van der Waals surface area contributed by atoms with Gasteiger partial charge in [0.1, 0.15) is 5.75 Å². The van der Waals surface area contributed by atoms with Crippen LogP contribution >= 0.6 is 0 Å². The number of fused-ring (bicyclic) bond motifs is 1. The summed E-state index contributed by atoms with van der Waals surface area (Å²) in [5, 5.41) is 2.62. The highest BCUT2D eigenvalue weighted by Gasteiger charge is 2.21. The van der Waals surface area contributed by atoms with Crippen LogP contribution < -0.4 is 10.1 Å². The molecule has 1 aromatic carbocycles. The van der Waals surface area contributed by atoms with Crippen LogP contribution in [0.3, 0.4) is 0 Å². The highest BCUT2D eigenvalue weighted by molar-refractivity contribution is 6.40. The van der Waals surface area contributed by atoms with Crippen molar-refractivity contribution >= 4 is 23.3 Å². The molecule has 0 saturated heterocycles. The number of nitrogens with one attached hydrogen (secondary N) is 1. The average molecular weight is 263 g/mol. The van der Waals surface area contributed by atoms with E-state index in [9.17, 15) is 14.4 Å². The van der Waals surface area contributed by atoms with Crippen molar-refractivity contribution in [3.8, 4) is 5.75 Å². The molecule has 0 saturated carbocycles. The second kappa shape index (κ2) is 5.51. The number of carbonyl (C=O) groups excluding carboxylic acids is 3. The Bertz CT molecular complexity index is 538. The molecule has 2 rings (SSSR count). The van der Waals surface area contributed by atoms with E-state index in [0.717, 1.165) is 0 Å². The molecule has 0 fully saturated rings. The van der Waals surface area contributed by atoms with Crippen molar-refractivity contribution in [3.05, 3.63) is 23.8 Å². The molecule has 6 heteroatoms. The Morgan fingerprint density at radius 1 is 1.42 bits per heavy atom. The summed E-state index contributed by atoms with van der Waals surface area (Å²) in [6.45, 7) is 2.04. The van der Waals surface area contributed by atoms with Gasteiger partial charge in [0.05, 0.1) is 25.3 Å². The van der Waals surface area contributed by atoms with Gasteiger partial charge < -0.3 is 14.8 Å². The van der Waals surface area contributed by atoms with Gasteiger partial charge in [-0.15, -0.1) is 0 Å². The maximum absolute atomic E-state index is 11.8. The lowest BCUT2D eigenvalue weighted by atomic mass is 10.1. The van der Waals surface area contributed by atoms with E-state index in [1.807, 2.05) is 0 Å². The third-order valence-electron chi connectivity index (χ3n) is 2.56. The molecule has 1 heterocycles. The third kappa shape index (κ3) is 2.90. The van der Waals surface area contributed by atoms with E-state index in [0.29, 0.717) is 11.4 Å². The zero-order chi connectivity index (χ0) is 13.8. The number of benzene rings is 1. The molecule has 1 aliphatic rings. The summed E-state index contributed by atoms with van der Waals surface area (Å²) < 4.78 is 9.99. The first-order chi connectivity index (χ1) is 9.11. The third-order valence-corrected chi connectivity index (χ3v) is 2.56. The summed E-state index contributed by atoms with van der Waals surface area (Å²) in [6, 6.07) is 4.43. The Labute approximate surface area is 109 Å². The zero-order valence-corrected chi connectivity index (χ0v) is 10.4. The number of ketones is 1. The van der Waals surface area contributed by atoms with Crippen molar-refractivity contribution in [3.63, 3.8) is 0 Å². The summed E-state index contributed by atoms with van der Waals surface area (Å²) >= 11 is 0. The van der Waals surface area contributed by atoms with Gasteiger partial charge in [-0.05, 0) is 25.1 Å². The fourth-order valence-corrected chi connectivity index (χ4v) is 1.68. The van der Waals surface area contributed by atoms with E-state index in [1.54, 1.807) is 13.0 Å². The molecular formula is C13H13NO5. The Morgan fingerprint density at radius 2 is 2.21 bits per heavy atom. The molecule has 0 bridgehead atoms. The van der Waals surface area contributed by atoms with Gasteiger partial charge in [-0.2, -0.15) is 0 Å². The Morgan fingerprint density at radius 3 is 2.95 bits per heavy atom. The van der Waals surface area contributed by atoms with Crippen LogP contribution in [0.15, 0.2) is 18.2 Å². The maximum Gasteiger partial charge on any atom is 0.379 e. The highest BCUT2D eigenvalue weighted by Crippen LogP contribution is 2.28. The lowest BCUT2D eigenvalue weighted by molar-refractivity contribution is -0.137. The molecule has 1 aliphatic heterocycles. The first kappa shape index (κ1) is 13.1. The molecule has 100 valence electrons. The quantitative estimate of drug-likeness (QED) is 0.502. The summed E-state index contributed by atoms with van der Waals surface area (Å²) in [7, 11) is 0. The summed E-state index contributed by atoms with van der Waals surface area (Å²) in [5.74, 6) is -1.38.